The Balaban J connectivity index is 1.41. The summed E-state index contributed by atoms with van der Waals surface area (Å²) < 4.78 is 9.66. The number of hydrogen-bond acceptors (Lipinski definition) is 2. The van der Waals surface area contributed by atoms with Crippen LogP contribution in [0.25, 0.3) is 21.5 Å². The summed E-state index contributed by atoms with van der Waals surface area (Å²) in [5.74, 6) is 1.95. The van der Waals surface area contributed by atoms with Gasteiger partial charge in [0.05, 0.1) is 17.2 Å². The summed E-state index contributed by atoms with van der Waals surface area (Å²) in [7, 11) is 0. The van der Waals surface area contributed by atoms with Crippen LogP contribution in [-0.4, -0.2) is 23.4 Å². The maximum absolute atomic E-state index is 7.01. The maximum atomic E-state index is 7.01. The number of rotatable bonds is 13. The molecule has 0 saturated carbocycles. The first-order valence-corrected chi connectivity index (χ1v) is 18.0. The molecular formula is C44H49N2O+. The lowest BCUT2D eigenvalue weighted by Crippen LogP contribution is -2.35. The molecule has 0 bridgehead atoms. The first-order valence-electron chi connectivity index (χ1n) is 18.0. The minimum atomic E-state index is -0.247. The van der Waals surface area contributed by atoms with Gasteiger partial charge in [0.1, 0.15) is 6.54 Å². The van der Waals surface area contributed by atoms with E-state index in [0.29, 0.717) is 0 Å². The van der Waals surface area contributed by atoms with Crippen LogP contribution in [0.15, 0.2) is 115 Å². The summed E-state index contributed by atoms with van der Waals surface area (Å²) in [6, 6.07) is 37.9. The van der Waals surface area contributed by atoms with Crippen LogP contribution in [0, 0.1) is 0 Å². The SMILES string of the molecule is CCCCCCN1/C(=C/C2=[N+](CCCCCC)c3ccc4ccccc4c3C2(C)Cc2ccccc2)Oc2c1ccc1ccccc21. The summed E-state index contributed by atoms with van der Waals surface area (Å²) in [5.41, 5.74) is 6.43. The van der Waals surface area contributed by atoms with Crippen LogP contribution < -0.4 is 9.64 Å². The molecule has 5 aromatic carbocycles. The quantitative estimate of drug-likeness (QED) is 0.0960. The number of benzene rings is 5. The largest absolute Gasteiger partial charge is 0.438 e. The van der Waals surface area contributed by atoms with Gasteiger partial charge < -0.3 is 9.64 Å². The highest BCUT2D eigenvalue weighted by molar-refractivity contribution is 6.09. The third-order valence-corrected chi connectivity index (χ3v) is 10.4. The number of hydrogen-bond donors (Lipinski definition) is 0. The molecule has 2 heterocycles. The van der Waals surface area contributed by atoms with Crippen molar-refractivity contribution >= 4 is 38.6 Å². The fourth-order valence-electron chi connectivity index (χ4n) is 7.96. The van der Waals surface area contributed by atoms with Gasteiger partial charge in [0.2, 0.25) is 11.6 Å². The summed E-state index contributed by atoms with van der Waals surface area (Å²) in [6.45, 7) is 9.01. The first-order chi connectivity index (χ1) is 23.1. The Bertz CT molecular complexity index is 1940. The van der Waals surface area contributed by atoms with Crippen molar-refractivity contribution in [2.45, 2.75) is 84.0 Å². The van der Waals surface area contributed by atoms with Crippen LogP contribution in [0.1, 0.15) is 83.3 Å². The third kappa shape index (κ3) is 5.97. The molecule has 0 spiro atoms. The number of fused-ring (bicyclic) bond motifs is 6. The highest BCUT2D eigenvalue weighted by Crippen LogP contribution is 2.49. The molecule has 1 unspecified atom stereocenters. The van der Waals surface area contributed by atoms with Gasteiger partial charge in [-0.05, 0) is 60.0 Å². The summed E-state index contributed by atoms with van der Waals surface area (Å²) in [6.07, 6.45) is 13.1. The summed E-state index contributed by atoms with van der Waals surface area (Å²) in [4.78, 5) is 2.46. The molecule has 0 fully saturated rings. The Hall–Kier alpha value is -4.37. The highest BCUT2D eigenvalue weighted by Gasteiger charge is 2.50. The molecule has 0 aliphatic carbocycles. The van der Waals surface area contributed by atoms with Crippen molar-refractivity contribution in [3.63, 3.8) is 0 Å². The molecule has 7 rings (SSSR count). The third-order valence-electron chi connectivity index (χ3n) is 10.4. The molecule has 1 atom stereocenters. The van der Waals surface area contributed by atoms with Gasteiger partial charge >= 0.3 is 0 Å². The van der Waals surface area contributed by atoms with E-state index in [9.17, 15) is 0 Å². The molecule has 0 radical (unpaired) electrons. The van der Waals surface area contributed by atoms with Gasteiger partial charge in [0.25, 0.3) is 0 Å². The van der Waals surface area contributed by atoms with Crippen LogP contribution in [0.4, 0.5) is 11.4 Å². The lowest BCUT2D eigenvalue weighted by atomic mass is 9.73. The zero-order valence-corrected chi connectivity index (χ0v) is 28.5. The van der Waals surface area contributed by atoms with Crippen LogP contribution in [0.5, 0.6) is 5.75 Å². The fraction of sp³-hybridized carbons (Fsp3) is 0.341. The van der Waals surface area contributed by atoms with Crippen molar-refractivity contribution in [1.29, 1.82) is 0 Å². The smallest absolute Gasteiger partial charge is 0.210 e. The Labute approximate surface area is 281 Å². The Morgan fingerprint density at radius 3 is 2.11 bits per heavy atom. The Kier molecular flexibility index (Phi) is 9.16. The summed E-state index contributed by atoms with van der Waals surface area (Å²) >= 11 is 0. The lowest BCUT2D eigenvalue weighted by molar-refractivity contribution is -0.438. The van der Waals surface area contributed by atoms with Crippen molar-refractivity contribution in [2.24, 2.45) is 0 Å². The van der Waals surface area contributed by atoms with Gasteiger partial charge in [-0.3, -0.25) is 0 Å². The zero-order chi connectivity index (χ0) is 32.2. The van der Waals surface area contributed by atoms with Crippen LogP contribution in [0.2, 0.25) is 0 Å². The lowest BCUT2D eigenvalue weighted by Gasteiger charge is -2.25. The normalized spacial score (nSPS) is 17.9. The number of ether oxygens (including phenoxy) is 1. The van der Waals surface area contributed by atoms with E-state index in [-0.39, 0.29) is 5.41 Å². The minimum Gasteiger partial charge on any atom is -0.438 e. The van der Waals surface area contributed by atoms with E-state index in [2.05, 4.69) is 139 Å². The molecule has 3 nitrogen and oxygen atoms in total. The van der Waals surface area contributed by atoms with E-state index < -0.39 is 0 Å². The monoisotopic (exact) mass is 621 g/mol. The second-order valence-electron chi connectivity index (χ2n) is 13.7. The van der Waals surface area contributed by atoms with Crippen molar-refractivity contribution < 1.29 is 9.31 Å². The van der Waals surface area contributed by atoms with Gasteiger partial charge in [-0.25, -0.2) is 0 Å². The fourth-order valence-corrected chi connectivity index (χ4v) is 7.96. The predicted octanol–water partition coefficient (Wildman–Crippen LogP) is 11.5. The topological polar surface area (TPSA) is 15.5 Å². The minimum absolute atomic E-state index is 0.247. The van der Waals surface area contributed by atoms with E-state index in [0.717, 1.165) is 37.6 Å². The number of unbranched alkanes of at least 4 members (excludes halogenated alkanes) is 6. The standard InChI is InChI=1S/C44H49N2O/c1-4-6-8-17-29-45-38-27-25-34-21-13-15-23-36(34)42(38)44(3,32-33-19-11-10-12-20-33)40(45)31-41-46(30-18-9-7-5-2)39-28-26-35-22-14-16-24-37(35)43(39)47-41/h10-16,19-28,31H,4-9,17-18,29-30,32H2,1-3H3/q+1. The molecule has 3 heteroatoms. The maximum Gasteiger partial charge on any atom is 0.210 e. The zero-order valence-electron chi connectivity index (χ0n) is 28.5. The van der Waals surface area contributed by atoms with Gasteiger partial charge in [0.15, 0.2) is 11.5 Å². The van der Waals surface area contributed by atoms with E-state index in [1.54, 1.807) is 0 Å². The average molecular weight is 622 g/mol. The molecular weight excluding hydrogens is 572 g/mol. The number of allylic oxidation sites excluding steroid dienone is 1. The van der Waals surface area contributed by atoms with E-state index in [4.69, 9.17) is 4.74 Å². The molecule has 5 aromatic rings. The Morgan fingerprint density at radius 2 is 1.34 bits per heavy atom. The number of nitrogens with zero attached hydrogens (tertiary/aromatic N) is 2. The molecule has 0 amide bonds. The molecule has 240 valence electrons. The molecule has 2 aliphatic heterocycles. The van der Waals surface area contributed by atoms with E-state index in [1.807, 2.05) is 0 Å². The van der Waals surface area contributed by atoms with E-state index >= 15 is 0 Å². The van der Waals surface area contributed by atoms with Crippen molar-refractivity contribution in [3.8, 4) is 5.75 Å². The van der Waals surface area contributed by atoms with Crippen LogP contribution in [0.3, 0.4) is 0 Å². The summed E-state index contributed by atoms with van der Waals surface area (Å²) in [5, 5.41) is 5.06. The van der Waals surface area contributed by atoms with Gasteiger partial charge in [-0.15, -0.1) is 0 Å². The molecule has 0 aromatic heterocycles. The predicted molar refractivity (Wildman–Crippen MR) is 200 cm³/mol. The van der Waals surface area contributed by atoms with Gasteiger partial charge in [0, 0.05) is 30.0 Å². The van der Waals surface area contributed by atoms with E-state index in [1.165, 1.54) is 94.7 Å². The van der Waals surface area contributed by atoms with Crippen molar-refractivity contribution in [3.05, 3.63) is 126 Å². The molecule has 0 N–H and O–H groups in total. The second kappa shape index (κ2) is 13.8. The van der Waals surface area contributed by atoms with Gasteiger partial charge in [-0.1, -0.05) is 131 Å². The van der Waals surface area contributed by atoms with Crippen LogP contribution in [-0.2, 0) is 11.8 Å². The number of anilines is 1. The second-order valence-corrected chi connectivity index (χ2v) is 13.7. The van der Waals surface area contributed by atoms with Crippen molar-refractivity contribution in [2.75, 3.05) is 18.0 Å². The first kappa shape index (κ1) is 31.2. The highest BCUT2D eigenvalue weighted by atomic mass is 16.5. The van der Waals surface area contributed by atoms with Crippen molar-refractivity contribution in [1.82, 2.24) is 0 Å². The van der Waals surface area contributed by atoms with Crippen LogP contribution >= 0.6 is 0 Å². The van der Waals surface area contributed by atoms with Gasteiger partial charge in [-0.2, -0.15) is 4.58 Å². The molecule has 0 saturated heterocycles. The Morgan fingerprint density at radius 1 is 0.681 bits per heavy atom. The molecule has 2 aliphatic rings. The average Bonchev–Trinajstić information content (AvgIpc) is 3.57. The molecule has 47 heavy (non-hydrogen) atoms.